The Morgan fingerprint density at radius 3 is 2.67 bits per heavy atom. The maximum absolute atomic E-state index is 11.9. The minimum atomic E-state index is -3.19. The van der Waals surface area contributed by atoms with Crippen LogP contribution in [-0.2, 0) is 10.0 Å². The largest absolute Gasteiger partial charge is 0.215 e. The van der Waals surface area contributed by atoms with Crippen LogP contribution >= 0.6 is 0 Å². The molecule has 0 fully saturated rings. The van der Waals surface area contributed by atoms with Gasteiger partial charge in [-0.3, -0.25) is 0 Å². The van der Waals surface area contributed by atoms with E-state index in [1.54, 1.807) is 13.8 Å². The lowest BCUT2D eigenvalue weighted by atomic mass is 9.80. The predicted molar refractivity (Wildman–Crippen MR) is 97.7 cm³/mol. The lowest BCUT2D eigenvalue weighted by Gasteiger charge is -2.28. The fraction of sp³-hybridized carbons (Fsp3) is 0.526. The smallest absolute Gasteiger partial charge is 0.213 e. The molecule has 0 spiro atoms. The third-order valence-corrected chi connectivity index (χ3v) is 6.66. The summed E-state index contributed by atoms with van der Waals surface area (Å²) in [4.78, 5) is 0. The van der Waals surface area contributed by atoms with Gasteiger partial charge in [-0.25, -0.2) is 13.1 Å². The predicted octanol–water partition coefficient (Wildman–Crippen LogP) is 3.71. The van der Waals surface area contributed by atoms with Gasteiger partial charge in [0.15, 0.2) is 0 Å². The number of nitriles is 1. The summed E-state index contributed by atoms with van der Waals surface area (Å²) in [5.74, 6) is 0.796. The molecule has 24 heavy (non-hydrogen) atoms. The van der Waals surface area contributed by atoms with Crippen molar-refractivity contribution in [3.63, 3.8) is 0 Å². The van der Waals surface area contributed by atoms with E-state index in [2.05, 4.69) is 23.8 Å². The Labute approximate surface area is 145 Å². The van der Waals surface area contributed by atoms with Crippen LogP contribution < -0.4 is 4.72 Å². The zero-order valence-corrected chi connectivity index (χ0v) is 15.4. The Morgan fingerprint density at radius 1 is 1.33 bits per heavy atom. The van der Waals surface area contributed by atoms with Crippen molar-refractivity contribution in [3.05, 3.63) is 41.5 Å². The molecule has 2 atom stereocenters. The van der Waals surface area contributed by atoms with E-state index in [0.29, 0.717) is 23.9 Å². The normalized spacial score (nSPS) is 19.6. The van der Waals surface area contributed by atoms with Crippen molar-refractivity contribution in [2.45, 2.75) is 45.3 Å². The van der Waals surface area contributed by atoms with E-state index >= 15 is 0 Å². The molecule has 1 aromatic carbocycles. The van der Waals surface area contributed by atoms with Crippen LogP contribution in [0, 0.1) is 23.2 Å². The number of rotatable bonds is 6. The standard InChI is InChI=1S/C19H26N2O2S/c1-14(2)24(22,23)21-13-15(3)17-7-9-18(10-8-17)19-6-4-5-16(11-19)12-20/h4-6,9,11,14-15,17,21H,7-8,10,13H2,1-3H3. The first kappa shape index (κ1) is 18.7. The second-order valence-corrected chi connectivity index (χ2v) is 9.20. The van der Waals surface area contributed by atoms with Crippen LogP contribution in [0.2, 0.25) is 0 Å². The van der Waals surface area contributed by atoms with Gasteiger partial charge in [0, 0.05) is 6.54 Å². The quantitative estimate of drug-likeness (QED) is 0.853. The summed E-state index contributed by atoms with van der Waals surface area (Å²) >= 11 is 0. The Kier molecular flexibility index (Phi) is 6.20. The lowest BCUT2D eigenvalue weighted by molar-refractivity contribution is 0.334. The lowest BCUT2D eigenvalue weighted by Crippen LogP contribution is -2.36. The van der Waals surface area contributed by atoms with Gasteiger partial charge in [0.25, 0.3) is 0 Å². The SMILES string of the molecule is CC(CNS(=O)(=O)C(C)C)C1CC=C(c2cccc(C#N)c2)CC1. The highest BCUT2D eigenvalue weighted by atomic mass is 32.2. The van der Waals surface area contributed by atoms with Gasteiger partial charge in [-0.1, -0.05) is 25.1 Å². The van der Waals surface area contributed by atoms with Crippen molar-refractivity contribution >= 4 is 15.6 Å². The first-order chi connectivity index (χ1) is 11.3. The van der Waals surface area contributed by atoms with Crippen LogP contribution in [-0.4, -0.2) is 20.2 Å². The zero-order chi connectivity index (χ0) is 17.7. The molecule has 1 N–H and O–H groups in total. The summed E-state index contributed by atoms with van der Waals surface area (Å²) in [7, 11) is -3.19. The van der Waals surface area contributed by atoms with Crippen molar-refractivity contribution in [2.75, 3.05) is 6.54 Å². The second kappa shape index (κ2) is 7.96. The molecule has 2 unspecified atom stereocenters. The molecule has 0 aromatic heterocycles. The maximum atomic E-state index is 11.9. The van der Waals surface area contributed by atoms with Crippen LogP contribution in [0.4, 0.5) is 0 Å². The number of nitrogens with zero attached hydrogens (tertiary/aromatic N) is 1. The van der Waals surface area contributed by atoms with Crippen LogP contribution in [0.3, 0.4) is 0 Å². The highest BCUT2D eigenvalue weighted by Gasteiger charge is 2.23. The van der Waals surface area contributed by atoms with E-state index in [0.717, 1.165) is 24.8 Å². The number of hydrogen-bond donors (Lipinski definition) is 1. The molecule has 0 aliphatic heterocycles. The minimum absolute atomic E-state index is 0.307. The molecular weight excluding hydrogens is 320 g/mol. The fourth-order valence-electron chi connectivity index (χ4n) is 3.00. The molecule has 0 saturated heterocycles. The van der Waals surface area contributed by atoms with Gasteiger partial charge in [-0.2, -0.15) is 5.26 Å². The molecule has 0 radical (unpaired) electrons. The Hall–Kier alpha value is -1.64. The summed E-state index contributed by atoms with van der Waals surface area (Å²) in [6.45, 7) is 6.00. The van der Waals surface area contributed by atoms with E-state index < -0.39 is 15.3 Å². The number of sulfonamides is 1. The number of hydrogen-bond acceptors (Lipinski definition) is 3. The Bertz CT molecular complexity index is 745. The van der Waals surface area contributed by atoms with Gasteiger partial charge in [0.2, 0.25) is 10.0 Å². The summed E-state index contributed by atoms with van der Waals surface area (Å²) in [5.41, 5.74) is 3.10. The number of nitrogens with one attached hydrogen (secondary N) is 1. The zero-order valence-electron chi connectivity index (χ0n) is 14.6. The highest BCUT2D eigenvalue weighted by Crippen LogP contribution is 2.34. The molecule has 1 aliphatic rings. The van der Waals surface area contributed by atoms with Crippen molar-refractivity contribution in [1.29, 1.82) is 5.26 Å². The minimum Gasteiger partial charge on any atom is -0.215 e. The number of benzene rings is 1. The monoisotopic (exact) mass is 346 g/mol. The third kappa shape index (κ3) is 4.68. The van der Waals surface area contributed by atoms with Crippen molar-refractivity contribution in [1.82, 2.24) is 4.72 Å². The van der Waals surface area contributed by atoms with E-state index in [1.165, 1.54) is 5.57 Å². The van der Waals surface area contributed by atoms with Crippen LogP contribution in [0.25, 0.3) is 5.57 Å². The topological polar surface area (TPSA) is 70.0 Å². The van der Waals surface area contributed by atoms with Gasteiger partial charge in [0.05, 0.1) is 16.9 Å². The van der Waals surface area contributed by atoms with E-state index in [4.69, 9.17) is 5.26 Å². The van der Waals surface area contributed by atoms with Gasteiger partial charge in [-0.05, 0) is 68.2 Å². The molecular formula is C19H26N2O2S. The van der Waals surface area contributed by atoms with Gasteiger partial charge >= 0.3 is 0 Å². The number of allylic oxidation sites excluding steroid dienone is 2. The summed E-state index contributed by atoms with van der Waals surface area (Å²) < 4.78 is 26.5. The molecule has 1 aromatic rings. The van der Waals surface area contributed by atoms with E-state index in [1.807, 2.05) is 24.3 Å². The first-order valence-corrected chi connectivity index (χ1v) is 10.1. The average molecular weight is 346 g/mol. The summed E-state index contributed by atoms with van der Waals surface area (Å²) in [6.07, 6.45) is 5.22. The molecule has 5 heteroatoms. The van der Waals surface area contributed by atoms with Crippen LogP contribution in [0.5, 0.6) is 0 Å². The van der Waals surface area contributed by atoms with Crippen molar-refractivity contribution < 1.29 is 8.42 Å². The van der Waals surface area contributed by atoms with Crippen molar-refractivity contribution in [3.8, 4) is 6.07 Å². The van der Waals surface area contributed by atoms with Crippen LogP contribution in [0.15, 0.2) is 30.3 Å². The molecule has 0 amide bonds. The highest BCUT2D eigenvalue weighted by molar-refractivity contribution is 7.90. The third-order valence-electron chi connectivity index (χ3n) is 4.85. The fourth-order valence-corrected chi connectivity index (χ4v) is 3.83. The average Bonchev–Trinajstić information content (AvgIpc) is 2.59. The first-order valence-electron chi connectivity index (χ1n) is 8.51. The van der Waals surface area contributed by atoms with Gasteiger partial charge in [0.1, 0.15) is 0 Å². The molecule has 4 nitrogen and oxygen atoms in total. The molecule has 0 heterocycles. The van der Waals surface area contributed by atoms with Gasteiger partial charge in [-0.15, -0.1) is 0 Å². The Balaban J connectivity index is 1.96. The summed E-state index contributed by atoms with van der Waals surface area (Å²) in [5, 5.41) is 8.62. The van der Waals surface area contributed by atoms with Crippen LogP contribution in [0.1, 0.15) is 51.2 Å². The molecule has 2 rings (SSSR count). The molecule has 0 saturated carbocycles. The van der Waals surface area contributed by atoms with Crippen molar-refractivity contribution in [2.24, 2.45) is 11.8 Å². The maximum Gasteiger partial charge on any atom is 0.213 e. The van der Waals surface area contributed by atoms with E-state index in [-0.39, 0.29) is 0 Å². The second-order valence-electron chi connectivity index (χ2n) is 6.88. The molecule has 0 bridgehead atoms. The van der Waals surface area contributed by atoms with E-state index in [9.17, 15) is 8.42 Å². The Morgan fingerprint density at radius 2 is 2.08 bits per heavy atom. The molecule has 1 aliphatic carbocycles. The summed E-state index contributed by atoms with van der Waals surface area (Å²) in [6, 6.07) is 9.91. The molecule has 130 valence electrons. The van der Waals surface area contributed by atoms with Gasteiger partial charge < -0.3 is 0 Å².